The molecule has 72 valence electrons. The van der Waals surface area contributed by atoms with Crippen molar-refractivity contribution in [2.24, 2.45) is 11.7 Å². The van der Waals surface area contributed by atoms with E-state index in [1.807, 2.05) is 25.2 Å². The van der Waals surface area contributed by atoms with E-state index >= 15 is 0 Å². The largest absolute Gasteiger partial charge is 0.324 e. The molecule has 0 saturated carbocycles. The molecule has 0 aliphatic heterocycles. The van der Waals surface area contributed by atoms with Gasteiger partial charge < -0.3 is 11.1 Å². The molecule has 2 heteroatoms. The van der Waals surface area contributed by atoms with Gasteiger partial charge in [-0.05, 0) is 25.1 Å². The fourth-order valence-electron chi connectivity index (χ4n) is 1.45. The summed E-state index contributed by atoms with van der Waals surface area (Å²) >= 11 is 0. The number of nitrogens with one attached hydrogen (secondary N) is 1. The van der Waals surface area contributed by atoms with Crippen LogP contribution in [0.25, 0.3) is 0 Å². The van der Waals surface area contributed by atoms with Gasteiger partial charge in [0.2, 0.25) is 0 Å². The maximum atomic E-state index is 6.08. The summed E-state index contributed by atoms with van der Waals surface area (Å²) < 4.78 is 0. The Morgan fingerprint density at radius 3 is 2.46 bits per heavy atom. The highest BCUT2D eigenvalue weighted by Gasteiger charge is 2.12. The van der Waals surface area contributed by atoms with Gasteiger partial charge in [-0.2, -0.15) is 0 Å². The van der Waals surface area contributed by atoms with Gasteiger partial charge >= 0.3 is 0 Å². The molecule has 1 rings (SSSR count). The van der Waals surface area contributed by atoms with Crippen LogP contribution in [-0.4, -0.2) is 13.6 Å². The third kappa shape index (κ3) is 2.83. The van der Waals surface area contributed by atoms with Gasteiger partial charge in [-0.3, -0.25) is 0 Å². The van der Waals surface area contributed by atoms with E-state index in [0.29, 0.717) is 5.92 Å². The van der Waals surface area contributed by atoms with Crippen molar-refractivity contribution >= 4 is 0 Å². The summed E-state index contributed by atoms with van der Waals surface area (Å²) in [6.45, 7) is 3.12. The molecule has 0 aliphatic carbocycles. The van der Waals surface area contributed by atoms with E-state index < -0.39 is 0 Å². The molecule has 1 aromatic carbocycles. The molecule has 0 aliphatic rings. The Morgan fingerprint density at radius 1 is 1.31 bits per heavy atom. The molecule has 0 radical (unpaired) electrons. The van der Waals surface area contributed by atoms with Crippen molar-refractivity contribution in [3.8, 4) is 0 Å². The van der Waals surface area contributed by atoms with E-state index in [9.17, 15) is 0 Å². The Labute approximate surface area is 80.1 Å². The normalized spacial score (nSPS) is 15.3. The zero-order chi connectivity index (χ0) is 9.68. The minimum Gasteiger partial charge on any atom is -0.324 e. The van der Waals surface area contributed by atoms with Crippen LogP contribution in [0.4, 0.5) is 0 Å². The van der Waals surface area contributed by atoms with Gasteiger partial charge in [-0.1, -0.05) is 37.3 Å². The number of hydrogen-bond acceptors (Lipinski definition) is 2. The molecule has 3 N–H and O–H groups in total. The van der Waals surface area contributed by atoms with E-state index in [0.717, 1.165) is 6.54 Å². The maximum absolute atomic E-state index is 6.08. The standard InChI is InChI=1S/C11H18N2/c1-9(8-13-2)11(12)10-6-4-3-5-7-10/h3-7,9,11,13H,8,12H2,1-2H3/t9-,11-/m1/s1. The molecule has 0 saturated heterocycles. The first kappa shape index (κ1) is 10.2. The Balaban J connectivity index is 2.62. The molecular formula is C11H18N2. The predicted octanol–water partition coefficient (Wildman–Crippen LogP) is 1.54. The summed E-state index contributed by atoms with van der Waals surface area (Å²) in [6.07, 6.45) is 0. The van der Waals surface area contributed by atoms with Gasteiger partial charge in [0.25, 0.3) is 0 Å². The Morgan fingerprint density at radius 2 is 1.92 bits per heavy atom. The molecule has 2 nitrogen and oxygen atoms in total. The smallest absolute Gasteiger partial charge is 0.0333 e. The van der Waals surface area contributed by atoms with Crippen LogP contribution < -0.4 is 11.1 Å². The van der Waals surface area contributed by atoms with Crippen LogP contribution in [0.2, 0.25) is 0 Å². The fraction of sp³-hybridized carbons (Fsp3) is 0.455. The fourth-order valence-corrected chi connectivity index (χ4v) is 1.45. The van der Waals surface area contributed by atoms with Crippen molar-refractivity contribution in [3.05, 3.63) is 35.9 Å². The molecule has 0 unspecified atom stereocenters. The zero-order valence-corrected chi connectivity index (χ0v) is 8.33. The van der Waals surface area contributed by atoms with Crippen molar-refractivity contribution in [2.75, 3.05) is 13.6 Å². The first-order valence-corrected chi connectivity index (χ1v) is 4.71. The van der Waals surface area contributed by atoms with Crippen LogP contribution in [0, 0.1) is 5.92 Å². The van der Waals surface area contributed by atoms with Crippen molar-refractivity contribution in [2.45, 2.75) is 13.0 Å². The van der Waals surface area contributed by atoms with E-state index in [4.69, 9.17) is 5.73 Å². The Bertz CT molecular complexity index is 233. The van der Waals surface area contributed by atoms with Crippen LogP contribution in [-0.2, 0) is 0 Å². The molecule has 0 bridgehead atoms. The highest BCUT2D eigenvalue weighted by Crippen LogP contribution is 2.17. The van der Waals surface area contributed by atoms with E-state index in [1.165, 1.54) is 5.56 Å². The van der Waals surface area contributed by atoms with Gasteiger partial charge in [0, 0.05) is 6.04 Å². The molecule has 13 heavy (non-hydrogen) atoms. The zero-order valence-electron chi connectivity index (χ0n) is 8.33. The maximum Gasteiger partial charge on any atom is 0.0333 e. The number of benzene rings is 1. The summed E-state index contributed by atoms with van der Waals surface area (Å²) in [4.78, 5) is 0. The van der Waals surface area contributed by atoms with Gasteiger partial charge in [-0.15, -0.1) is 0 Å². The highest BCUT2D eigenvalue weighted by atomic mass is 14.8. The molecular weight excluding hydrogens is 160 g/mol. The third-order valence-electron chi connectivity index (χ3n) is 2.32. The minimum absolute atomic E-state index is 0.133. The van der Waals surface area contributed by atoms with Crippen LogP contribution in [0.3, 0.4) is 0 Å². The monoisotopic (exact) mass is 178 g/mol. The topological polar surface area (TPSA) is 38.0 Å². The average molecular weight is 178 g/mol. The van der Waals surface area contributed by atoms with Crippen molar-refractivity contribution in [3.63, 3.8) is 0 Å². The van der Waals surface area contributed by atoms with Crippen molar-refractivity contribution < 1.29 is 0 Å². The van der Waals surface area contributed by atoms with E-state index in [1.54, 1.807) is 0 Å². The molecule has 1 aromatic rings. The number of nitrogens with two attached hydrogens (primary N) is 1. The average Bonchev–Trinajstić information content (AvgIpc) is 2.18. The summed E-state index contributed by atoms with van der Waals surface area (Å²) in [5, 5.41) is 3.14. The molecule has 0 spiro atoms. The van der Waals surface area contributed by atoms with E-state index in [2.05, 4.69) is 24.4 Å². The molecule has 0 amide bonds. The first-order chi connectivity index (χ1) is 6.25. The lowest BCUT2D eigenvalue weighted by atomic mass is 9.95. The number of rotatable bonds is 4. The van der Waals surface area contributed by atoms with Gasteiger partial charge in [0.15, 0.2) is 0 Å². The second-order valence-electron chi connectivity index (χ2n) is 3.47. The Kier molecular flexibility index (Phi) is 3.93. The molecule has 0 heterocycles. The second-order valence-corrected chi connectivity index (χ2v) is 3.47. The quantitative estimate of drug-likeness (QED) is 0.734. The van der Waals surface area contributed by atoms with E-state index in [-0.39, 0.29) is 6.04 Å². The van der Waals surface area contributed by atoms with Crippen LogP contribution in [0.15, 0.2) is 30.3 Å². The van der Waals surface area contributed by atoms with Gasteiger partial charge in [-0.25, -0.2) is 0 Å². The van der Waals surface area contributed by atoms with Gasteiger partial charge in [0.05, 0.1) is 0 Å². The third-order valence-corrected chi connectivity index (χ3v) is 2.32. The SMILES string of the molecule is CNC[C@@H](C)[C@@H](N)c1ccccc1. The van der Waals surface area contributed by atoms with Gasteiger partial charge in [0.1, 0.15) is 0 Å². The lowest BCUT2D eigenvalue weighted by Gasteiger charge is -2.19. The first-order valence-electron chi connectivity index (χ1n) is 4.71. The minimum atomic E-state index is 0.133. The van der Waals surface area contributed by atoms with Crippen LogP contribution in [0.1, 0.15) is 18.5 Å². The summed E-state index contributed by atoms with van der Waals surface area (Å²) in [5.74, 6) is 0.465. The summed E-state index contributed by atoms with van der Waals surface area (Å²) in [5.41, 5.74) is 7.30. The molecule has 0 fully saturated rings. The van der Waals surface area contributed by atoms with Crippen LogP contribution >= 0.6 is 0 Å². The predicted molar refractivity (Wildman–Crippen MR) is 56.5 cm³/mol. The molecule has 0 aromatic heterocycles. The highest BCUT2D eigenvalue weighted by molar-refractivity contribution is 5.18. The second kappa shape index (κ2) is 5.00. The lowest BCUT2D eigenvalue weighted by Crippen LogP contribution is -2.27. The Hall–Kier alpha value is -0.860. The van der Waals surface area contributed by atoms with Crippen molar-refractivity contribution in [1.29, 1.82) is 0 Å². The summed E-state index contributed by atoms with van der Waals surface area (Å²) in [6, 6.07) is 10.4. The summed E-state index contributed by atoms with van der Waals surface area (Å²) in [7, 11) is 1.95. The lowest BCUT2D eigenvalue weighted by molar-refractivity contribution is 0.451. The molecule has 2 atom stereocenters. The van der Waals surface area contributed by atoms with Crippen molar-refractivity contribution in [1.82, 2.24) is 5.32 Å². The number of hydrogen-bond donors (Lipinski definition) is 2. The van der Waals surface area contributed by atoms with Crippen LogP contribution in [0.5, 0.6) is 0 Å².